The third kappa shape index (κ3) is 2.96. The predicted molar refractivity (Wildman–Crippen MR) is 69.2 cm³/mol. The summed E-state index contributed by atoms with van der Waals surface area (Å²) < 4.78 is 21.4. The van der Waals surface area contributed by atoms with Crippen molar-refractivity contribution < 1.29 is 8.95 Å². The minimum atomic E-state index is 0.144. The van der Waals surface area contributed by atoms with Crippen LogP contribution in [0.4, 0.5) is 5.69 Å². The quantitative estimate of drug-likeness (QED) is 0.867. The number of nitrogens with zero attached hydrogens (tertiary/aromatic N) is 3. The van der Waals surface area contributed by atoms with Crippen LogP contribution < -0.4 is 4.74 Å². The second-order valence-corrected chi connectivity index (χ2v) is 4.26. The first-order valence-electron chi connectivity index (χ1n) is 5.10. The number of benzene rings is 1. The maximum atomic E-state index is 10.5. The molecule has 0 aliphatic heterocycles. The molecule has 0 radical (unpaired) electrons. The van der Waals surface area contributed by atoms with Crippen molar-refractivity contribution in [3.63, 3.8) is 0 Å². The monoisotopic (exact) mass is 283 g/mol. The van der Waals surface area contributed by atoms with Crippen molar-refractivity contribution in [1.82, 2.24) is 9.78 Å². The van der Waals surface area contributed by atoms with Crippen molar-refractivity contribution in [1.29, 1.82) is 0 Å². The number of halogens is 1. The molecule has 0 aliphatic rings. The van der Waals surface area contributed by atoms with Crippen LogP contribution in [0.2, 0.25) is 5.02 Å². The second-order valence-electron chi connectivity index (χ2n) is 3.52. The summed E-state index contributed by atoms with van der Waals surface area (Å²) in [4.78, 5) is 0. The van der Waals surface area contributed by atoms with E-state index in [1.54, 1.807) is 42.2 Å². The Morgan fingerprint density at radius 2 is 2.33 bits per heavy atom. The Balaban J connectivity index is 2.20. The van der Waals surface area contributed by atoms with Gasteiger partial charge in [-0.15, -0.1) is 5.10 Å². The van der Waals surface area contributed by atoms with E-state index in [1.807, 2.05) is 0 Å². The van der Waals surface area contributed by atoms with E-state index in [1.165, 1.54) is 0 Å². The minimum absolute atomic E-state index is 0.144. The van der Waals surface area contributed by atoms with Crippen molar-refractivity contribution in [2.24, 2.45) is 11.4 Å². The van der Waals surface area contributed by atoms with E-state index in [9.17, 15) is 4.21 Å². The van der Waals surface area contributed by atoms with Crippen LogP contribution in [0.5, 0.6) is 5.88 Å². The van der Waals surface area contributed by atoms with Gasteiger partial charge in [0.2, 0.25) is 17.3 Å². The van der Waals surface area contributed by atoms with Gasteiger partial charge in [-0.25, -0.2) is 0 Å². The van der Waals surface area contributed by atoms with Gasteiger partial charge in [0.25, 0.3) is 0 Å². The summed E-state index contributed by atoms with van der Waals surface area (Å²) in [7, 11) is 1.80. The molecular weight excluding hydrogens is 274 g/mol. The average molecular weight is 284 g/mol. The molecule has 0 aliphatic carbocycles. The zero-order chi connectivity index (χ0) is 13.0. The Morgan fingerprint density at radius 3 is 3.00 bits per heavy atom. The summed E-state index contributed by atoms with van der Waals surface area (Å²) in [5.41, 5.74) is 1.20. The first-order valence-corrected chi connectivity index (χ1v) is 6.18. The maximum absolute atomic E-state index is 10.5. The van der Waals surface area contributed by atoms with E-state index in [4.69, 9.17) is 16.3 Å². The van der Waals surface area contributed by atoms with Gasteiger partial charge in [0.1, 0.15) is 6.61 Å². The summed E-state index contributed by atoms with van der Waals surface area (Å²) in [6.07, 6.45) is 1.78. The maximum Gasteiger partial charge on any atom is 0.233 e. The first-order chi connectivity index (χ1) is 8.70. The molecule has 94 valence electrons. The van der Waals surface area contributed by atoms with E-state index in [-0.39, 0.29) is 18.1 Å². The van der Waals surface area contributed by atoms with E-state index >= 15 is 0 Å². The average Bonchev–Trinajstić information content (AvgIpc) is 2.75. The van der Waals surface area contributed by atoms with Gasteiger partial charge in [-0.3, -0.25) is 4.68 Å². The van der Waals surface area contributed by atoms with Crippen LogP contribution in [0.1, 0.15) is 5.56 Å². The minimum Gasteiger partial charge on any atom is -0.472 e. The molecule has 2 rings (SSSR count). The molecule has 7 heteroatoms. The van der Waals surface area contributed by atoms with Crippen LogP contribution in [0.3, 0.4) is 0 Å². The summed E-state index contributed by atoms with van der Waals surface area (Å²) >= 11 is 6.20. The topological polar surface area (TPSA) is 56.5 Å². The highest BCUT2D eigenvalue weighted by Gasteiger charge is 2.08. The van der Waals surface area contributed by atoms with Crippen molar-refractivity contribution in [3.8, 4) is 5.88 Å². The second kappa shape index (κ2) is 5.79. The molecule has 5 nitrogen and oxygen atoms in total. The number of rotatable bonds is 4. The zero-order valence-electron chi connectivity index (χ0n) is 9.54. The Kier molecular flexibility index (Phi) is 4.11. The van der Waals surface area contributed by atoms with E-state index in [0.717, 1.165) is 0 Å². The molecule has 0 atom stereocenters. The number of hydrogen-bond donors (Lipinski definition) is 0. The third-order valence-electron chi connectivity index (χ3n) is 2.28. The molecule has 2 aromatic rings. The smallest absolute Gasteiger partial charge is 0.233 e. The lowest BCUT2D eigenvalue weighted by molar-refractivity contribution is 0.291. The van der Waals surface area contributed by atoms with Crippen LogP contribution in [0, 0.1) is 0 Å². The molecule has 1 heterocycles. The molecule has 0 fully saturated rings. The van der Waals surface area contributed by atoms with E-state index < -0.39 is 0 Å². The van der Waals surface area contributed by atoms with Crippen LogP contribution in [0.25, 0.3) is 0 Å². The van der Waals surface area contributed by atoms with Gasteiger partial charge >= 0.3 is 0 Å². The van der Waals surface area contributed by atoms with Crippen LogP contribution in [0.15, 0.2) is 34.8 Å². The number of aryl methyl sites for hydroxylation is 1. The van der Waals surface area contributed by atoms with Crippen LogP contribution in [-0.2, 0) is 25.1 Å². The molecular formula is C11H10ClN3O2S. The molecule has 18 heavy (non-hydrogen) atoms. The molecule has 0 saturated carbocycles. The molecule has 0 spiro atoms. The van der Waals surface area contributed by atoms with Crippen molar-refractivity contribution in [3.05, 3.63) is 41.0 Å². The fourth-order valence-corrected chi connectivity index (χ4v) is 1.91. The van der Waals surface area contributed by atoms with Crippen molar-refractivity contribution in [2.45, 2.75) is 6.61 Å². The van der Waals surface area contributed by atoms with Gasteiger partial charge in [0.05, 0.1) is 5.69 Å². The summed E-state index contributed by atoms with van der Waals surface area (Å²) in [5.74, 6) is 0.498. The van der Waals surface area contributed by atoms with Gasteiger partial charge in [0.15, 0.2) is 0 Å². The highest BCUT2D eigenvalue weighted by molar-refractivity contribution is 7.54. The van der Waals surface area contributed by atoms with Gasteiger partial charge in [-0.1, -0.05) is 17.7 Å². The number of ether oxygens (including phenoxy) is 1. The van der Waals surface area contributed by atoms with Crippen molar-refractivity contribution >= 4 is 28.8 Å². The van der Waals surface area contributed by atoms with E-state index in [0.29, 0.717) is 22.2 Å². The first kappa shape index (κ1) is 12.8. The lowest BCUT2D eigenvalue weighted by Gasteiger charge is -2.07. The fourth-order valence-electron chi connectivity index (χ4n) is 1.43. The van der Waals surface area contributed by atoms with Crippen LogP contribution in [-0.4, -0.2) is 14.0 Å². The fraction of sp³-hybridized carbons (Fsp3) is 0.182. The summed E-state index contributed by atoms with van der Waals surface area (Å²) in [6.45, 7) is 0.218. The van der Waals surface area contributed by atoms with E-state index in [2.05, 4.69) is 9.46 Å². The Morgan fingerprint density at radius 1 is 1.50 bits per heavy atom. The molecule has 1 aromatic carbocycles. The molecule has 0 saturated heterocycles. The Bertz CT molecular complexity index is 608. The normalized spacial score (nSPS) is 10.1. The summed E-state index contributed by atoms with van der Waals surface area (Å²) in [6, 6.07) is 6.93. The molecule has 0 N–H and O–H groups in total. The molecule has 0 unspecified atom stereocenters. The molecule has 0 bridgehead atoms. The van der Waals surface area contributed by atoms with Gasteiger partial charge < -0.3 is 4.74 Å². The molecule has 1 aromatic heterocycles. The van der Waals surface area contributed by atoms with Gasteiger partial charge in [-0.2, -0.15) is 8.57 Å². The number of hydrogen-bond acceptors (Lipinski definition) is 4. The Hall–Kier alpha value is -1.66. The highest BCUT2D eigenvalue weighted by Crippen LogP contribution is 2.27. The SMILES string of the molecule is Cn1ccc(OCc2c(Cl)cccc2N=S=O)n1. The standard InChI is InChI=1S/C11H10ClN3O2S/c1-15-6-5-11(13-15)17-7-8-9(12)3-2-4-10(8)14-18-16/h2-6H,7H2,1H3. The predicted octanol–water partition coefficient (Wildman–Crippen LogP) is 2.68. The lowest BCUT2D eigenvalue weighted by atomic mass is 10.2. The zero-order valence-corrected chi connectivity index (χ0v) is 11.1. The van der Waals surface area contributed by atoms with Gasteiger partial charge in [0, 0.05) is 29.9 Å². The van der Waals surface area contributed by atoms with Crippen molar-refractivity contribution in [2.75, 3.05) is 0 Å². The Labute approximate surface area is 113 Å². The number of aromatic nitrogens is 2. The third-order valence-corrected chi connectivity index (χ3v) is 2.91. The highest BCUT2D eigenvalue weighted by atomic mass is 35.5. The van der Waals surface area contributed by atoms with Crippen LogP contribution >= 0.6 is 11.6 Å². The largest absolute Gasteiger partial charge is 0.472 e. The lowest BCUT2D eigenvalue weighted by Crippen LogP contribution is -1.98. The van der Waals surface area contributed by atoms with Gasteiger partial charge in [-0.05, 0) is 12.1 Å². The molecule has 0 amide bonds. The summed E-state index contributed by atoms with van der Waals surface area (Å²) in [5, 5.41) is 4.60.